The van der Waals surface area contributed by atoms with Crippen LogP contribution in [0.1, 0.15) is 16.8 Å². The second-order valence-corrected chi connectivity index (χ2v) is 5.38. The number of nitrogens with zero attached hydrogens (tertiary/aromatic N) is 4. The molecule has 0 aliphatic heterocycles. The van der Waals surface area contributed by atoms with Crippen LogP contribution in [0.3, 0.4) is 0 Å². The number of rotatable bonds is 3. The maximum absolute atomic E-state index is 12.2. The molecule has 0 saturated carbocycles. The Morgan fingerprint density at radius 2 is 2.08 bits per heavy atom. The van der Waals surface area contributed by atoms with Crippen molar-refractivity contribution in [1.82, 2.24) is 24.3 Å². The Morgan fingerprint density at radius 1 is 1.28 bits per heavy atom. The first-order valence-corrected chi connectivity index (χ1v) is 7.49. The number of pyridine rings is 1. The quantitative estimate of drug-likeness (QED) is 0.655. The minimum absolute atomic E-state index is 0.220. The zero-order valence-electron chi connectivity index (χ0n) is 13.4. The van der Waals surface area contributed by atoms with Crippen molar-refractivity contribution >= 4 is 0 Å². The second kappa shape index (κ2) is 6.88. The van der Waals surface area contributed by atoms with E-state index in [4.69, 9.17) is 0 Å². The van der Waals surface area contributed by atoms with Gasteiger partial charge in [0.2, 0.25) is 5.75 Å². The normalized spacial score (nSPS) is 10.3. The molecule has 3 rings (SSSR count). The Bertz CT molecular complexity index is 1080. The lowest BCUT2D eigenvalue weighted by molar-refractivity contribution is 0.451. The predicted octanol–water partition coefficient (Wildman–Crippen LogP) is 0.0132. The van der Waals surface area contributed by atoms with Crippen LogP contribution < -0.4 is 11.1 Å². The highest BCUT2D eigenvalue weighted by molar-refractivity contribution is 5.40. The first-order chi connectivity index (χ1) is 12.0. The molecule has 0 saturated heterocycles. The summed E-state index contributed by atoms with van der Waals surface area (Å²) in [5.41, 5.74) is 0.793. The van der Waals surface area contributed by atoms with E-state index >= 15 is 0 Å². The molecule has 8 heteroatoms. The van der Waals surface area contributed by atoms with E-state index in [0.717, 1.165) is 5.56 Å². The fourth-order valence-corrected chi connectivity index (χ4v) is 2.24. The lowest BCUT2D eigenvalue weighted by Crippen LogP contribution is -2.20. The van der Waals surface area contributed by atoms with E-state index in [0.29, 0.717) is 12.1 Å². The molecule has 0 fully saturated rings. The topological polar surface area (TPSA) is 106 Å². The van der Waals surface area contributed by atoms with Gasteiger partial charge in [0.1, 0.15) is 0 Å². The Labute approximate surface area is 142 Å². The van der Waals surface area contributed by atoms with E-state index in [1.165, 1.54) is 17.0 Å². The van der Waals surface area contributed by atoms with Crippen LogP contribution in [0.5, 0.6) is 5.75 Å². The number of aromatic hydroxyl groups is 1. The van der Waals surface area contributed by atoms with Crippen molar-refractivity contribution in [1.29, 1.82) is 0 Å². The molecule has 0 aromatic carbocycles. The minimum atomic E-state index is -0.599. The summed E-state index contributed by atoms with van der Waals surface area (Å²) in [5.74, 6) is 5.43. The molecule has 25 heavy (non-hydrogen) atoms. The van der Waals surface area contributed by atoms with Gasteiger partial charge in [0.05, 0.1) is 23.8 Å². The van der Waals surface area contributed by atoms with Gasteiger partial charge in [0, 0.05) is 44.0 Å². The van der Waals surface area contributed by atoms with Crippen LogP contribution in [-0.4, -0.2) is 29.4 Å². The molecule has 0 spiro atoms. The minimum Gasteiger partial charge on any atom is -0.502 e. The van der Waals surface area contributed by atoms with Crippen LogP contribution in [0.2, 0.25) is 0 Å². The van der Waals surface area contributed by atoms with Gasteiger partial charge in [-0.2, -0.15) is 5.10 Å². The number of nitrogens with one attached hydrogen (secondary N) is 1. The molecule has 126 valence electrons. The lowest BCUT2D eigenvalue weighted by atomic mass is 10.2. The maximum Gasteiger partial charge on any atom is 0.293 e. The standard InChI is InChI=1S/C17H15N5O3/c1-21-10-13(9-20-21)3-2-12-4-6-22(15(23)8-12)7-5-14-16(24)17(25)19-11-18-14/h4,6,8-11,24H,5,7H2,1H3,(H,18,19,25). The highest BCUT2D eigenvalue weighted by atomic mass is 16.3. The van der Waals surface area contributed by atoms with Crippen molar-refractivity contribution in [2.75, 3.05) is 0 Å². The third-order valence-corrected chi connectivity index (χ3v) is 3.55. The SMILES string of the molecule is Cn1cc(C#Cc2ccn(CCc3nc[nH]c(=O)c3O)c(=O)c2)cn1. The van der Waals surface area contributed by atoms with Gasteiger partial charge in [-0.05, 0) is 6.07 Å². The van der Waals surface area contributed by atoms with Crippen molar-refractivity contribution in [2.24, 2.45) is 7.05 Å². The summed E-state index contributed by atoms with van der Waals surface area (Å²) < 4.78 is 3.12. The van der Waals surface area contributed by atoms with Gasteiger partial charge in [-0.1, -0.05) is 11.8 Å². The van der Waals surface area contributed by atoms with E-state index in [2.05, 4.69) is 26.9 Å². The van der Waals surface area contributed by atoms with Crippen LogP contribution in [0.15, 0.2) is 46.6 Å². The van der Waals surface area contributed by atoms with E-state index in [9.17, 15) is 14.7 Å². The average Bonchev–Trinajstić information content (AvgIpc) is 3.01. The molecule has 8 nitrogen and oxygen atoms in total. The van der Waals surface area contributed by atoms with Crippen LogP contribution >= 0.6 is 0 Å². The summed E-state index contributed by atoms with van der Waals surface area (Å²) in [5, 5.41) is 13.7. The molecule has 0 unspecified atom stereocenters. The summed E-state index contributed by atoms with van der Waals surface area (Å²) in [4.78, 5) is 29.7. The van der Waals surface area contributed by atoms with Crippen LogP contribution in [0.4, 0.5) is 0 Å². The molecule has 0 aliphatic rings. The zero-order chi connectivity index (χ0) is 17.8. The van der Waals surface area contributed by atoms with Gasteiger partial charge < -0.3 is 14.7 Å². The molecule has 3 heterocycles. The van der Waals surface area contributed by atoms with E-state index < -0.39 is 11.3 Å². The van der Waals surface area contributed by atoms with Crippen molar-refractivity contribution in [3.05, 3.63) is 74.6 Å². The summed E-state index contributed by atoms with van der Waals surface area (Å²) in [7, 11) is 1.81. The molecular weight excluding hydrogens is 322 g/mol. The Kier molecular flexibility index (Phi) is 4.48. The zero-order valence-corrected chi connectivity index (χ0v) is 13.4. The van der Waals surface area contributed by atoms with Crippen molar-refractivity contribution in [3.63, 3.8) is 0 Å². The number of aryl methyl sites for hydroxylation is 3. The monoisotopic (exact) mass is 337 g/mol. The Balaban J connectivity index is 1.74. The molecular formula is C17H15N5O3. The van der Waals surface area contributed by atoms with Crippen LogP contribution in [0.25, 0.3) is 0 Å². The molecule has 0 atom stereocenters. The van der Waals surface area contributed by atoms with Crippen molar-refractivity contribution in [3.8, 4) is 17.6 Å². The fraction of sp³-hybridized carbons (Fsp3) is 0.176. The van der Waals surface area contributed by atoms with Gasteiger partial charge in [-0.25, -0.2) is 4.98 Å². The van der Waals surface area contributed by atoms with Gasteiger partial charge in [0.15, 0.2) is 0 Å². The molecule has 3 aromatic rings. The first kappa shape index (κ1) is 16.3. The van der Waals surface area contributed by atoms with Crippen LogP contribution in [-0.2, 0) is 20.0 Å². The van der Waals surface area contributed by atoms with Crippen molar-refractivity contribution < 1.29 is 5.11 Å². The largest absolute Gasteiger partial charge is 0.502 e. The molecule has 0 aliphatic carbocycles. The number of hydrogen-bond acceptors (Lipinski definition) is 5. The number of hydrogen-bond donors (Lipinski definition) is 2. The summed E-state index contributed by atoms with van der Waals surface area (Å²) in [6.07, 6.45) is 6.54. The Morgan fingerprint density at radius 3 is 2.80 bits per heavy atom. The third kappa shape index (κ3) is 3.84. The molecule has 2 N–H and O–H groups in total. The van der Waals surface area contributed by atoms with Crippen molar-refractivity contribution in [2.45, 2.75) is 13.0 Å². The molecule has 0 bridgehead atoms. The summed E-state index contributed by atoms with van der Waals surface area (Å²) in [6, 6.07) is 3.17. The van der Waals surface area contributed by atoms with Crippen LogP contribution in [0, 0.1) is 11.8 Å². The average molecular weight is 337 g/mol. The number of aromatic nitrogens is 5. The molecule has 3 aromatic heterocycles. The molecule has 0 radical (unpaired) electrons. The van der Waals surface area contributed by atoms with Gasteiger partial charge in [-0.15, -0.1) is 0 Å². The van der Waals surface area contributed by atoms with E-state index in [1.807, 2.05) is 0 Å². The fourth-order valence-electron chi connectivity index (χ4n) is 2.24. The Hall–Kier alpha value is -3.60. The van der Waals surface area contributed by atoms with Gasteiger partial charge >= 0.3 is 0 Å². The predicted molar refractivity (Wildman–Crippen MR) is 90.1 cm³/mol. The third-order valence-electron chi connectivity index (χ3n) is 3.55. The second-order valence-electron chi connectivity index (χ2n) is 5.38. The lowest BCUT2D eigenvalue weighted by Gasteiger charge is -2.06. The first-order valence-electron chi connectivity index (χ1n) is 7.49. The molecule has 0 amide bonds. The van der Waals surface area contributed by atoms with E-state index in [1.54, 1.807) is 36.4 Å². The number of H-pyrrole nitrogens is 1. The summed E-state index contributed by atoms with van der Waals surface area (Å²) in [6.45, 7) is 0.291. The smallest absolute Gasteiger partial charge is 0.293 e. The highest BCUT2D eigenvalue weighted by Crippen LogP contribution is 2.07. The number of aromatic amines is 1. The highest BCUT2D eigenvalue weighted by Gasteiger charge is 2.07. The van der Waals surface area contributed by atoms with Gasteiger partial charge in [-0.3, -0.25) is 14.3 Å². The van der Waals surface area contributed by atoms with E-state index in [-0.39, 0.29) is 17.7 Å². The van der Waals surface area contributed by atoms with Gasteiger partial charge in [0.25, 0.3) is 11.1 Å². The summed E-state index contributed by atoms with van der Waals surface area (Å²) >= 11 is 0. The maximum atomic E-state index is 12.2.